The maximum absolute atomic E-state index is 12.8. The first-order chi connectivity index (χ1) is 31.0. The van der Waals surface area contributed by atoms with Gasteiger partial charge in [0.2, 0.25) is 0 Å². The lowest BCUT2D eigenvalue weighted by Gasteiger charge is -2.41. The Bertz CT molecular complexity index is 1470. The van der Waals surface area contributed by atoms with Crippen molar-refractivity contribution in [2.24, 2.45) is 0 Å². The third-order valence-electron chi connectivity index (χ3n) is 10.2. The van der Waals surface area contributed by atoms with Gasteiger partial charge >= 0.3 is 13.8 Å². The maximum Gasteiger partial charge on any atom is 0.472 e. The molecule has 0 saturated heterocycles. The quantitative estimate of drug-likeness (QED) is 0.0149. The summed E-state index contributed by atoms with van der Waals surface area (Å²) in [6.07, 6.45) is 44.6. The van der Waals surface area contributed by atoms with Gasteiger partial charge in [0.05, 0.1) is 19.8 Å². The summed E-state index contributed by atoms with van der Waals surface area (Å²) in [4.78, 5) is 23.2. The Morgan fingerprint density at radius 2 is 0.875 bits per heavy atom. The van der Waals surface area contributed by atoms with Crippen LogP contribution in [0.15, 0.2) is 109 Å². The van der Waals surface area contributed by atoms with Crippen LogP contribution < -0.4 is 0 Å². The molecule has 1 rings (SSSR count). The molecule has 0 amide bonds. The summed E-state index contributed by atoms with van der Waals surface area (Å²) in [6.45, 7) is 3.79. The smallest absolute Gasteiger partial charge is 0.457 e. The minimum Gasteiger partial charge on any atom is -0.457 e. The molecule has 0 heterocycles. The van der Waals surface area contributed by atoms with Crippen LogP contribution in [-0.2, 0) is 27.9 Å². The molecule has 12 nitrogen and oxygen atoms in total. The predicted octanol–water partition coefficient (Wildman–Crippen LogP) is 10.1. The highest BCUT2D eigenvalue weighted by molar-refractivity contribution is 7.47. The van der Waals surface area contributed by atoms with Gasteiger partial charge in [0.15, 0.2) is 0 Å². The van der Waals surface area contributed by atoms with Crippen molar-refractivity contribution in [3.8, 4) is 0 Å². The molecule has 6 N–H and O–H groups in total. The van der Waals surface area contributed by atoms with Gasteiger partial charge in [-0.1, -0.05) is 162 Å². The van der Waals surface area contributed by atoms with Crippen LogP contribution in [0.2, 0.25) is 0 Å². The van der Waals surface area contributed by atoms with E-state index in [-0.39, 0.29) is 19.6 Å². The molecule has 64 heavy (non-hydrogen) atoms. The Morgan fingerprint density at radius 1 is 0.500 bits per heavy atom. The lowest BCUT2D eigenvalue weighted by Crippen LogP contribution is -2.64. The number of allylic oxidation sites excluding steroid dienone is 17. The molecule has 1 fully saturated rings. The standard InChI is InChI=1S/C51H83O12P/c1-3-5-7-9-11-13-15-17-19-21-22-23-24-25-26-28-30-32-34-36-38-40-45(52)62-44(43-61-64(58,59)63-51-49(56)47(54)46(53)48(55)50(51)57)42-60-41-39-37-35-33-31-29-27-20-18-16-14-12-10-8-6-4-2/h5-8,11-14,17-20,22-23,29,31,35,37,44,46-51,53-57H,3-4,9-10,15-16,21,24-28,30,32-34,36,38-43H2,1-2H3,(H,58,59)/b7-5-,8-6-,13-11-,14-12-,19-17-,20-18-,23-22-,31-29-,37-35-. The van der Waals surface area contributed by atoms with E-state index in [4.69, 9.17) is 18.5 Å². The fourth-order valence-electron chi connectivity index (χ4n) is 6.47. The number of aliphatic hydroxyl groups is 5. The molecule has 6 unspecified atom stereocenters. The molecule has 1 aliphatic carbocycles. The Kier molecular flexibility index (Phi) is 37.2. The summed E-state index contributed by atoms with van der Waals surface area (Å²) < 4.78 is 34.1. The number of phosphoric acid groups is 1. The van der Waals surface area contributed by atoms with E-state index < -0.39 is 63.1 Å². The van der Waals surface area contributed by atoms with Crippen molar-refractivity contribution in [1.82, 2.24) is 0 Å². The average Bonchev–Trinajstić information content (AvgIpc) is 3.28. The van der Waals surface area contributed by atoms with Crippen molar-refractivity contribution in [3.05, 3.63) is 109 Å². The highest BCUT2D eigenvalue weighted by Crippen LogP contribution is 2.47. The fraction of sp³-hybridized carbons (Fsp3) is 0.627. The molecular weight excluding hydrogens is 836 g/mol. The maximum atomic E-state index is 12.8. The molecule has 1 aliphatic rings. The minimum atomic E-state index is -5.05. The summed E-state index contributed by atoms with van der Waals surface area (Å²) >= 11 is 0. The Hall–Kier alpha value is -3.00. The lowest BCUT2D eigenvalue weighted by atomic mass is 9.85. The van der Waals surface area contributed by atoms with Crippen molar-refractivity contribution in [2.45, 2.75) is 185 Å². The van der Waals surface area contributed by atoms with Crippen LogP contribution in [0, 0.1) is 0 Å². The minimum absolute atomic E-state index is 0.142. The van der Waals surface area contributed by atoms with Crippen molar-refractivity contribution in [1.29, 1.82) is 0 Å². The highest BCUT2D eigenvalue weighted by Gasteiger charge is 2.51. The molecule has 0 aromatic heterocycles. The molecule has 13 heteroatoms. The molecule has 0 aromatic rings. The molecule has 364 valence electrons. The molecular formula is C51H83O12P. The van der Waals surface area contributed by atoms with Crippen LogP contribution >= 0.6 is 7.82 Å². The summed E-state index contributed by atoms with van der Waals surface area (Å²) in [6, 6.07) is 0. The number of esters is 1. The third-order valence-corrected chi connectivity index (χ3v) is 11.1. The fourth-order valence-corrected chi connectivity index (χ4v) is 7.44. The van der Waals surface area contributed by atoms with Crippen molar-refractivity contribution in [3.63, 3.8) is 0 Å². The van der Waals surface area contributed by atoms with Gasteiger partial charge in [-0.25, -0.2) is 4.57 Å². The van der Waals surface area contributed by atoms with Crippen LogP contribution in [0.4, 0.5) is 0 Å². The summed E-state index contributed by atoms with van der Waals surface area (Å²) in [5, 5.41) is 50.2. The van der Waals surface area contributed by atoms with Gasteiger partial charge in [0.25, 0.3) is 0 Å². The van der Waals surface area contributed by atoms with Gasteiger partial charge in [-0.3, -0.25) is 13.8 Å². The molecule has 6 atom stereocenters. The summed E-state index contributed by atoms with van der Waals surface area (Å²) in [5.74, 6) is -0.516. The highest BCUT2D eigenvalue weighted by atomic mass is 31.2. The molecule has 0 bridgehead atoms. The number of hydrogen-bond acceptors (Lipinski definition) is 11. The first kappa shape index (κ1) is 59.0. The Balaban J connectivity index is 2.43. The number of carbonyl (C=O) groups is 1. The first-order valence-electron chi connectivity index (χ1n) is 23.7. The van der Waals surface area contributed by atoms with Gasteiger partial charge in [-0.15, -0.1) is 0 Å². The van der Waals surface area contributed by atoms with E-state index in [9.17, 15) is 39.8 Å². The largest absolute Gasteiger partial charge is 0.472 e. The summed E-state index contributed by atoms with van der Waals surface area (Å²) in [7, 11) is -5.05. The van der Waals surface area contributed by atoms with E-state index in [0.717, 1.165) is 89.9 Å². The van der Waals surface area contributed by atoms with E-state index in [0.29, 0.717) is 12.8 Å². The molecule has 1 saturated carbocycles. The van der Waals surface area contributed by atoms with Crippen LogP contribution in [-0.4, -0.2) is 98.9 Å². The van der Waals surface area contributed by atoms with E-state index >= 15 is 0 Å². The molecule has 0 radical (unpaired) electrons. The molecule has 0 aromatic carbocycles. The Labute approximate surface area is 385 Å². The zero-order chi connectivity index (χ0) is 46.9. The predicted molar refractivity (Wildman–Crippen MR) is 257 cm³/mol. The zero-order valence-electron chi connectivity index (χ0n) is 38.8. The third kappa shape index (κ3) is 31.8. The lowest BCUT2D eigenvalue weighted by molar-refractivity contribution is -0.220. The SMILES string of the molecule is CC/C=C\C/C=C\C/C=C\C/C=C\C/C=C\CCOCC(COP(=O)(O)OC1C(O)C(O)C(O)C(O)C1O)OC(=O)CCCCCCCCCC/C=C\C/C=C\C/C=C\C/C=C\CC. The van der Waals surface area contributed by atoms with E-state index in [1.807, 2.05) is 12.2 Å². The second-order valence-corrected chi connectivity index (χ2v) is 17.2. The van der Waals surface area contributed by atoms with Crippen LogP contribution in [0.3, 0.4) is 0 Å². The van der Waals surface area contributed by atoms with Gasteiger partial charge in [-0.05, 0) is 83.5 Å². The van der Waals surface area contributed by atoms with E-state index in [2.05, 4.69) is 111 Å². The van der Waals surface area contributed by atoms with E-state index in [1.165, 1.54) is 19.3 Å². The number of aliphatic hydroxyl groups excluding tert-OH is 5. The average molecular weight is 919 g/mol. The van der Waals surface area contributed by atoms with Crippen LogP contribution in [0.1, 0.15) is 142 Å². The number of ether oxygens (including phenoxy) is 2. The number of rotatable bonds is 38. The normalized spacial score (nSPS) is 22.7. The monoisotopic (exact) mass is 919 g/mol. The first-order valence-corrected chi connectivity index (χ1v) is 25.2. The number of phosphoric ester groups is 1. The second-order valence-electron chi connectivity index (χ2n) is 15.8. The van der Waals surface area contributed by atoms with Crippen LogP contribution in [0.5, 0.6) is 0 Å². The van der Waals surface area contributed by atoms with Crippen molar-refractivity contribution < 1.29 is 58.3 Å². The second kappa shape index (κ2) is 40.3. The number of unbranched alkanes of at least 4 members (excludes halogenated alkanes) is 8. The van der Waals surface area contributed by atoms with Gasteiger partial charge in [-0.2, -0.15) is 0 Å². The topological polar surface area (TPSA) is 192 Å². The number of carbonyl (C=O) groups excluding carboxylic acids is 1. The summed E-state index contributed by atoms with van der Waals surface area (Å²) in [5.41, 5.74) is 0. The Morgan fingerprint density at radius 3 is 1.33 bits per heavy atom. The van der Waals surface area contributed by atoms with Crippen LogP contribution in [0.25, 0.3) is 0 Å². The van der Waals surface area contributed by atoms with Gasteiger partial charge in [0, 0.05) is 6.42 Å². The number of hydrogen-bond donors (Lipinski definition) is 6. The van der Waals surface area contributed by atoms with Gasteiger partial charge in [0.1, 0.15) is 42.7 Å². The molecule has 0 aliphatic heterocycles. The zero-order valence-corrected chi connectivity index (χ0v) is 39.7. The van der Waals surface area contributed by atoms with Crippen molar-refractivity contribution >= 4 is 13.8 Å². The van der Waals surface area contributed by atoms with E-state index in [1.54, 1.807) is 0 Å². The van der Waals surface area contributed by atoms with Crippen molar-refractivity contribution in [2.75, 3.05) is 19.8 Å². The molecule has 0 spiro atoms. The van der Waals surface area contributed by atoms with Gasteiger partial charge < -0.3 is 39.9 Å².